The maximum Gasteiger partial charge on any atom is 0.455 e. The first-order valence-electron chi connectivity index (χ1n) is 9.15. The Morgan fingerprint density at radius 3 is 2.57 bits per heavy atom. The SMILES string of the molecule is Cc1c(CC(C)C)sc(OC(=O)N=S(=O)=O)c1-c1ccc(Cn2ccnc2Cl)cc1. The lowest BCUT2D eigenvalue weighted by Crippen LogP contribution is -2.01. The van der Waals surface area contributed by atoms with Gasteiger partial charge in [0.2, 0.25) is 5.28 Å². The number of ether oxygens (including phenoxy) is 1. The molecule has 3 aromatic rings. The lowest BCUT2D eigenvalue weighted by molar-refractivity contribution is 0.213. The molecule has 7 nitrogen and oxygen atoms in total. The standard InChI is InChI=1S/C20H20ClN3O4S2/c1-12(2)10-16-13(3)17(18(29-16)28-20(25)23-30(26)27)15-6-4-14(5-7-15)11-24-9-8-22-19(24)21/h4-9,12H,10-11H2,1-3H3. The van der Waals surface area contributed by atoms with Gasteiger partial charge in [-0.15, -0.1) is 11.3 Å². The predicted octanol–water partition coefficient (Wildman–Crippen LogP) is 5.38. The van der Waals surface area contributed by atoms with Gasteiger partial charge in [-0.25, -0.2) is 9.78 Å². The zero-order chi connectivity index (χ0) is 21.8. The summed E-state index contributed by atoms with van der Waals surface area (Å²) < 4.78 is 31.4. The summed E-state index contributed by atoms with van der Waals surface area (Å²) in [6.45, 7) is 6.77. The quantitative estimate of drug-likeness (QED) is 0.487. The number of halogens is 1. The third kappa shape index (κ3) is 5.35. The van der Waals surface area contributed by atoms with E-state index in [0.717, 1.165) is 33.6 Å². The predicted molar refractivity (Wildman–Crippen MR) is 117 cm³/mol. The Bertz CT molecular complexity index is 1190. The molecule has 0 saturated heterocycles. The second kappa shape index (κ2) is 9.55. The number of hydrogen-bond acceptors (Lipinski definition) is 6. The maximum absolute atomic E-state index is 11.8. The van der Waals surface area contributed by atoms with Crippen LogP contribution in [0.2, 0.25) is 5.28 Å². The summed E-state index contributed by atoms with van der Waals surface area (Å²) in [5, 5.41) is 0.757. The summed E-state index contributed by atoms with van der Waals surface area (Å²) in [6.07, 6.45) is 3.11. The van der Waals surface area contributed by atoms with Gasteiger partial charge in [-0.1, -0.05) is 42.5 Å². The lowest BCUT2D eigenvalue weighted by atomic mass is 9.99. The van der Waals surface area contributed by atoms with Crippen LogP contribution in [0.25, 0.3) is 11.1 Å². The van der Waals surface area contributed by atoms with Crippen molar-refractivity contribution in [1.29, 1.82) is 0 Å². The van der Waals surface area contributed by atoms with Crippen LogP contribution in [0.15, 0.2) is 41.0 Å². The molecule has 0 N–H and O–H groups in total. The average molecular weight is 466 g/mol. The number of carbonyl (C=O) groups excluding carboxylic acids is 1. The topological polar surface area (TPSA) is 90.6 Å². The highest BCUT2D eigenvalue weighted by molar-refractivity contribution is 7.62. The average Bonchev–Trinajstić information content (AvgIpc) is 3.18. The van der Waals surface area contributed by atoms with Crippen molar-refractivity contribution in [2.45, 2.75) is 33.7 Å². The summed E-state index contributed by atoms with van der Waals surface area (Å²) in [5.74, 6) is 0.417. The van der Waals surface area contributed by atoms with Crippen molar-refractivity contribution in [3.63, 3.8) is 0 Å². The number of imidazole rings is 1. The number of benzene rings is 1. The van der Waals surface area contributed by atoms with Gasteiger partial charge in [-0.2, -0.15) is 8.42 Å². The van der Waals surface area contributed by atoms with Crippen LogP contribution in [-0.4, -0.2) is 24.1 Å². The summed E-state index contributed by atoms with van der Waals surface area (Å²) in [4.78, 5) is 16.9. The van der Waals surface area contributed by atoms with Gasteiger partial charge in [0.25, 0.3) is 0 Å². The molecule has 0 spiro atoms. The summed E-state index contributed by atoms with van der Waals surface area (Å²) in [5.41, 5.74) is 3.67. The molecule has 0 aliphatic carbocycles. The molecule has 2 aromatic heterocycles. The molecule has 158 valence electrons. The molecular weight excluding hydrogens is 446 g/mol. The first-order chi connectivity index (χ1) is 14.2. The number of amides is 1. The molecule has 0 aliphatic rings. The van der Waals surface area contributed by atoms with Gasteiger partial charge in [0.15, 0.2) is 5.06 Å². The number of thiophene rings is 1. The number of nitrogens with zero attached hydrogens (tertiary/aromatic N) is 3. The van der Waals surface area contributed by atoms with Crippen molar-refractivity contribution >= 4 is 39.5 Å². The Hall–Kier alpha value is -2.49. The van der Waals surface area contributed by atoms with Gasteiger partial charge < -0.3 is 9.30 Å². The molecule has 0 fully saturated rings. The van der Waals surface area contributed by atoms with Crippen molar-refractivity contribution < 1.29 is 17.9 Å². The molecule has 2 heterocycles. The number of hydrogen-bond donors (Lipinski definition) is 0. The molecule has 0 atom stereocenters. The number of rotatable bonds is 6. The van der Waals surface area contributed by atoms with E-state index in [1.165, 1.54) is 11.3 Å². The maximum atomic E-state index is 11.8. The van der Waals surface area contributed by atoms with Crippen LogP contribution < -0.4 is 4.74 Å². The molecule has 0 saturated carbocycles. The molecule has 10 heteroatoms. The molecule has 30 heavy (non-hydrogen) atoms. The normalized spacial score (nSPS) is 11.0. The Balaban J connectivity index is 1.96. The highest BCUT2D eigenvalue weighted by atomic mass is 35.5. The fourth-order valence-electron chi connectivity index (χ4n) is 3.06. The summed E-state index contributed by atoms with van der Waals surface area (Å²) in [6, 6.07) is 7.81. The smallest absolute Gasteiger partial charge is 0.396 e. The fraction of sp³-hybridized carbons (Fsp3) is 0.300. The van der Waals surface area contributed by atoms with Crippen LogP contribution in [0.5, 0.6) is 5.06 Å². The Kier molecular flexibility index (Phi) is 7.06. The highest BCUT2D eigenvalue weighted by Crippen LogP contribution is 2.43. The van der Waals surface area contributed by atoms with Crippen molar-refractivity contribution in [3.8, 4) is 16.2 Å². The van der Waals surface area contributed by atoms with Gasteiger partial charge in [-0.05, 0) is 47.6 Å². The van der Waals surface area contributed by atoms with Crippen molar-refractivity contribution in [1.82, 2.24) is 9.55 Å². The van der Waals surface area contributed by atoms with Crippen LogP contribution in [-0.2, 0) is 23.5 Å². The summed E-state index contributed by atoms with van der Waals surface area (Å²) in [7, 11) is -2.86. The molecule has 1 amide bonds. The lowest BCUT2D eigenvalue weighted by Gasteiger charge is -2.08. The molecule has 0 aliphatic heterocycles. The van der Waals surface area contributed by atoms with E-state index in [0.29, 0.717) is 22.8 Å². The first kappa shape index (κ1) is 22.2. The van der Waals surface area contributed by atoms with E-state index in [9.17, 15) is 13.2 Å². The van der Waals surface area contributed by atoms with Crippen LogP contribution in [0.4, 0.5) is 4.79 Å². The highest BCUT2D eigenvalue weighted by Gasteiger charge is 2.21. The van der Waals surface area contributed by atoms with Gasteiger partial charge in [-0.3, -0.25) is 0 Å². The molecule has 0 bridgehead atoms. The van der Waals surface area contributed by atoms with Crippen molar-refractivity contribution in [3.05, 3.63) is 57.9 Å². The van der Waals surface area contributed by atoms with E-state index in [1.807, 2.05) is 35.8 Å². The van der Waals surface area contributed by atoms with Crippen molar-refractivity contribution in [2.24, 2.45) is 10.3 Å². The summed E-state index contributed by atoms with van der Waals surface area (Å²) >= 11 is 7.38. The molecular formula is C20H20ClN3O4S2. The van der Waals surface area contributed by atoms with Crippen LogP contribution in [0, 0.1) is 12.8 Å². The number of carbonyl (C=O) groups is 1. The van der Waals surface area contributed by atoms with E-state index in [1.54, 1.807) is 12.4 Å². The molecule has 0 unspecified atom stereocenters. The minimum atomic E-state index is -2.86. The Morgan fingerprint density at radius 1 is 1.30 bits per heavy atom. The van der Waals surface area contributed by atoms with E-state index >= 15 is 0 Å². The monoisotopic (exact) mass is 465 g/mol. The Morgan fingerprint density at radius 2 is 2.00 bits per heavy atom. The van der Waals surface area contributed by atoms with Crippen LogP contribution in [0.3, 0.4) is 0 Å². The third-order valence-corrected chi connectivity index (χ3v) is 6.20. The van der Waals surface area contributed by atoms with E-state index in [-0.39, 0.29) is 0 Å². The van der Waals surface area contributed by atoms with Gasteiger partial charge in [0, 0.05) is 29.4 Å². The van der Waals surface area contributed by atoms with E-state index in [2.05, 4.69) is 23.2 Å². The molecule has 3 rings (SSSR count). The second-order valence-electron chi connectivity index (χ2n) is 7.11. The first-order valence-corrected chi connectivity index (χ1v) is 11.4. The number of aromatic nitrogens is 2. The largest absolute Gasteiger partial charge is 0.455 e. The van der Waals surface area contributed by atoms with Crippen LogP contribution in [0.1, 0.15) is 29.9 Å². The molecule has 0 radical (unpaired) electrons. The minimum Gasteiger partial charge on any atom is -0.396 e. The van der Waals surface area contributed by atoms with E-state index in [4.69, 9.17) is 16.3 Å². The second-order valence-corrected chi connectivity index (χ2v) is 9.13. The van der Waals surface area contributed by atoms with E-state index < -0.39 is 16.6 Å². The third-order valence-electron chi connectivity index (χ3n) is 4.40. The van der Waals surface area contributed by atoms with Gasteiger partial charge in [0.05, 0.1) is 0 Å². The van der Waals surface area contributed by atoms with Gasteiger partial charge in [0.1, 0.15) is 0 Å². The zero-order valence-corrected chi connectivity index (χ0v) is 19.0. The fourth-order valence-corrected chi connectivity index (χ4v) is 4.78. The van der Waals surface area contributed by atoms with Crippen molar-refractivity contribution in [2.75, 3.05) is 0 Å². The minimum absolute atomic E-state index is 0.341. The molecule has 1 aromatic carbocycles. The van der Waals surface area contributed by atoms with Gasteiger partial charge >= 0.3 is 16.6 Å². The Labute approximate surface area is 185 Å². The zero-order valence-electron chi connectivity index (χ0n) is 16.6. The van der Waals surface area contributed by atoms with Crippen LogP contribution >= 0.6 is 22.9 Å².